The highest BCUT2D eigenvalue weighted by atomic mass is 32.1. The maximum absolute atomic E-state index is 13.0. The van der Waals surface area contributed by atoms with Crippen molar-refractivity contribution in [2.45, 2.75) is 6.54 Å². The summed E-state index contributed by atoms with van der Waals surface area (Å²) < 4.78 is 16.9. The van der Waals surface area contributed by atoms with Gasteiger partial charge in [-0.05, 0) is 35.8 Å². The number of halogens is 1. The number of aromatic nitrogens is 3. The zero-order valence-corrected chi connectivity index (χ0v) is 10.5. The highest BCUT2D eigenvalue weighted by molar-refractivity contribution is 7.08. The smallest absolute Gasteiger partial charge is 0.263 e. The lowest BCUT2D eigenvalue weighted by atomic mass is 10.3. The van der Waals surface area contributed by atoms with Crippen LogP contribution in [0.5, 0.6) is 0 Å². The van der Waals surface area contributed by atoms with Crippen molar-refractivity contribution >= 4 is 28.5 Å². The van der Waals surface area contributed by atoms with Crippen molar-refractivity contribution in [3.05, 3.63) is 47.0 Å². The highest BCUT2D eigenvalue weighted by Gasteiger charge is 2.09. The fourth-order valence-electron chi connectivity index (χ4n) is 1.70. The van der Waals surface area contributed by atoms with Crippen LogP contribution in [-0.4, -0.2) is 20.2 Å². The predicted molar refractivity (Wildman–Crippen MR) is 69.3 cm³/mol. The zero-order chi connectivity index (χ0) is 13.2. The van der Waals surface area contributed by atoms with Crippen LogP contribution in [0.3, 0.4) is 0 Å². The van der Waals surface area contributed by atoms with E-state index in [0.717, 1.165) is 11.5 Å². The van der Waals surface area contributed by atoms with E-state index in [9.17, 15) is 9.18 Å². The van der Waals surface area contributed by atoms with Crippen LogP contribution < -0.4 is 5.32 Å². The van der Waals surface area contributed by atoms with Crippen LogP contribution in [0.1, 0.15) is 15.5 Å². The largest absolute Gasteiger partial charge is 0.344 e. The normalized spacial score (nSPS) is 10.8. The maximum Gasteiger partial charge on any atom is 0.263 e. The molecule has 2 N–H and O–H groups in total. The van der Waals surface area contributed by atoms with E-state index in [1.165, 1.54) is 12.1 Å². The fraction of sp³-hybridized carbons (Fsp3) is 0.0833. The molecule has 0 spiro atoms. The first-order valence-electron chi connectivity index (χ1n) is 5.55. The van der Waals surface area contributed by atoms with Crippen molar-refractivity contribution in [3.8, 4) is 0 Å². The number of carbonyl (C=O) groups excluding carboxylic acids is 1. The summed E-state index contributed by atoms with van der Waals surface area (Å²) in [7, 11) is 0. The number of hydrogen-bond acceptors (Lipinski definition) is 4. The van der Waals surface area contributed by atoms with E-state index in [1.54, 1.807) is 18.3 Å². The highest BCUT2D eigenvalue weighted by Crippen LogP contribution is 2.13. The number of H-pyrrole nitrogens is 1. The van der Waals surface area contributed by atoms with E-state index in [-0.39, 0.29) is 18.3 Å². The van der Waals surface area contributed by atoms with Crippen molar-refractivity contribution in [2.75, 3.05) is 0 Å². The molecule has 3 rings (SSSR count). The number of hydrogen-bond donors (Lipinski definition) is 2. The van der Waals surface area contributed by atoms with Gasteiger partial charge in [-0.3, -0.25) is 4.79 Å². The molecule has 0 saturated carbocycles. The molecule has 0 atom stereocenters. The average Bonchev–Trinajstić information content (AvgIpc) is 3.04. The summed E-state index contributed by atoms with van der Waals surface area (Å²) >= 11 is 1.13. The number of nitrogens with zero attached hydrogens (tertiary/aromatic N) is 2. The van der Waals surface area contributed by atoms with E-state index < -0.39 is 0 Å². The summed E-state index contributed by atoms with van der Waals surface area (Å²) in [5, 5.41) is 2.72. The number of amides is 1. The Kier molecular flexibility index (Phi) is 2.96. The van der Waals surface area contributed by atoms with Gasteiger partial charge in [-0.15, -0.1) is 0 Å². The lowest BCUT2D eigenvalue weighted by Crippen LogP contribution is -2.22. The zero-order valence-electron chi connectivity index (χ0n) is 9.68. The maximum atomic E-state index is 13.0. The average molecular weight is 276 g/mol. The standard InChI is InChI=1S/C12H9FN4OS/c13-7-1-2-8-9(5-7)17-11(16-8)6-14-12(18)10-3-4-15-19-10/h1-5H,6H2,(H,14,18)(H,16,17). The van der Waals surface area contributed by atoms with Gasteiger partial charge in [0.05, 0.1) is 17.6 Å². The van der Waals surface area contributed by atoms with Gasteiger partial charge in [0.2, 0.25) is 0 Å². The molecule has 1 amide bonds. The number of aromatic amines is 1. The lowest BCUT2D eigenvalue weighted by molar-refractivity contribution is 0.0954. The van der Waals surface area contributed by atoms with Gasteiger partial charge in [-0.1, -0.05) is 0 Å². The minimum atomic E-state index is -0.323. The van der Waals surface area contributed by atoms with Gasteiger partial charge in [0, 0.05) is 6.20 Å². The Morgan fingerprint density at radius 1 is 1.42 bits per heavy atom. The number of fused-ring (bicyclic) bond motifs is 1. The Morgan fingerprint density at radius 3 is 3.11 bits per heavy atom. The van der Waals surface area contributed by atoms with Crippen LogP contribution in [0.25, 0.3) is 11.0 Å². The van der Waals surface area contributed by atoms with Gasteiger partial charge < -0.3 is 10.3 Å². The van der Waals surface area contributed by atoms with Crippen LogP contribution >= 0.6 is 11.5 Å². The minimum Gasteiger partial charge on any atom is -0.344 e. The minimum absolute atomic E-state index is 0.200. The summed E-state index contributed by atoms with van der Waals surface area (Å²) in [5.41, 5.74) is 1.28. The number of nitrogens with one attached hydrogen (secondary N) is 2. The number of benzene rings is 1. The monoisotopic (exact) mass is 276 g/mol. The Morgan fingerprint density at radius 2 is 2.32 bits per heavy atom. The third-order valence-corrected chi connectivity index (χ3v) is 3.32. The van der Waals surface area contributed by atoms with Crippen molar-refractivity contribution in [2.24, 2.45) is 0 Å². The molecule has 5 nitrogen and oxygen atoms in total. The number of carbonyl (C=O) groups is 1. The summed E-state index contributed by atoms with van der Waals surface area (Å²) in [6.07, 6.45) is 1.57. The summed E-state index contributed by atoms with van der Waals surface area (Å²) in [6.45, 7) is 0.257. The third kappa shape index (κ3) is 2.45. The van der Waals surface area contributed by atoms with E-state index in [2.05, 4.69) is 19.7 Å². The molecule has 2 heterocycles. The van der Waals surface area contributed by atoms with Gasteiger partial charge in [-0.25, -0.2) is 13.7 Å². The first kappa shape index (κ1) is 11.8. The second-order valence-electron chi connectivity index (χ2n) is 3.90. The van der Waals surface area contributed by atoms with Crippen molar-refractivity contribution in [1.82, 2.24) is 19.7 Å². The quantitative estimate of drug-likeness (QED) is 0.769. The van der Waals surface area contributed by atoms with Gasteiger partial charge in [0.1, 0.15) is 16.5 Å². The molecule has 0 aliphatic carbocycles. The van der Waals surface area contributed by atoms with Crippen LogP contribution in [0.4, 0.5) is 4.39 Å². The number of imidazole rings is 1. The molecule has 0 bridgehead atoms. The molecule has 0 unspecified atom stereocenters. The second kappa shape index (κ2) is 4.77. The van der Waals surface area contributed by atoms with Gasteiger partial charge >= 0.3 is 0 Å². The Balaban J connectivity index is 1.73. The van der Waals surface area contributed by atoms with E-state index in [1.807, 2.05) is 0 Å². The molecular weight excluding hydrogens is 267 g/mol. The molecule has 7 heteroatoms. The van der Waals surface area contributed by atoms with Gasteiger partial charge in [-0.2, -0.15) is 0 Å². The van der Waals surface area contributed by atoms with Crippen LogP contribution in [0.15, 0.2) is 30.5 Å². The third-order valence-electron chi connectivity index (χ3n) is 2.57. The fourth-order valence-corrected chi connectivity index (χ4v) is 2.21. The molecule has 2 aromatic heterocycles. The Bertz CT molecular complexity index is 722. The molecule has 0 saturated heterocycles. The molecule has 1 aromatic carbocycles. The lowest BCUT2D eigenvalue weighted by Gasteiger charge is -1.99. The summed E-state index contributed by atoms with van der Waals surface area (Å²) in [6, 6.07) is 5.96. The molecule has 19 heavy (non-hydrogen) atoms. The molecule has 0 radical (unpaired) electrons. The van der Waals surface area contributed by atoms with Crippen LogP contribution in [-0.2, 0) is 6.54 Å². The first-order valence-corrected chi connectivity index (χ1v) is 6.33. The topological polar surface area (TPSA) is 70.7 Å². The molecule has 3 aromatic rings. The summed E-state index contributed by atoms with van der Waals surface area (Å²) in [5.74, 6) is 0.0593. The van der Waals surface area contributed by atoms with E-state index in [0.29, 0.717) is 21.7 Å². The van der Waals surface area contributed by atoms with Crippen molar-refractivity contribution < 1.29 is 9.18 Å². The van der Waals surface area contributed by atoms with E-state index >= 15 is 0 Å². The number of rotatable bonds is 3. The molecule has 0 fully saturated rings. The second-order valence-corrected chi connectivity index (χ2v) is 4.74. The SMILES string of the molecule is O=C(NCc1nc2ccc(F)cc2[nH]1)c1ccns1. The van der Waals surface area contributed by atoms with Crippen molar-refractivity contribution in [1.29, 1.82) is 0 Å². The summed E-state index contributed by atoms with van der Waals surface area (Å²) in [4.78, 5) is 19.5. The predicted octanol–water partition coefficient (Wildman–Crippen LogP) is 2.09. The van der Waals surface area contributed by atoms with Crippen LogP contribution in [0.2, 0.25) is 0 Å². The van der Waals surface area contributed by atoms with Crippen molar-refractivity contribution in [3.63, 3.8) is 0 Å². The molecule has 96 valence electrons. The van der Waals surface area contributed by atoms with Crippen LogP contribution in [0, 0.1) is 5.82 Å². The molecule has 0 aliphatic rings. The van der Waals surface area contributed by atoms with Gasteiger partial charge in [0.15, 0.2) is 0 Å². The van der Waals surface area contributed by atoms with Gasteiger partial charge in [0.25, 0.3) is 5.91 Å². The first-order chi connectivity index (χ1) is 9.22. The molecular formula is C12H9FN4OS. The Hall–Kier alpha value is -2.28. The van der Waals surface area contributed by atoms with E-state index in [4.69, 9.17) is 0 Å². The molecule has 0 aliphatic heterocycles. The Labute approximate surface area is 111 Å².